The van der Waals surface area contributed by atoms with E-state index in [-0.39, 0.29) is 39.1 Å². The van der Waals surface area contributed by atoms with Gasteiger partial charge in [-0.2, -0.15) is 0 Å². The van der Waals surface area contributed by atoms with E-state index in [1.165, 1.54) is 12.3 Å². The number of fused-ring (bicyclic) bond motifs is 3. The Morgan fingerprint density at radius 1 is 0.889 bits per heavy atom. The number of hydrogen-bond acceptors (Lipinski definition) is 3. The van der Waals surface area contributed by atoms with Gasteiger partial charge in [0.15, 0.2) is 0 Å². The first-order valence-electron chi connectivity index (χ1n) is 17.3. The molecular formula is C33H34N2O. The van der Waals surface area contributed by atoms with Crippen LogP contribution in [-0.2, 0) is 0 Å². The molecule has 0 spiro atoms. The quantitative estimate of drug-likeness (QED) is 0.256. The van der Waals surface area contributed by atoms with E-state index >= 15 is 0 Å². The van der Waals surface area contributed by atoms with Gasteiger partial charge in [0, 0.05) is 41.9 Å². The molecule has 3 nitrogen and oxygen atoms in total. The molecule has 0 aliphatic heterocycles. The van der Waals surface area contributed by atoms with Crippen LogP contribution < -0.4 is 0 Å². The average molecular weight is 485 g/mol. The molecule has 0 N–H and O–H groups in total. The van der Waals surface area contributed by atoms with Crippen LogP contribution in [0.1, 0.15) is 81.5 Å². The number of benzene rings is 2. The molecule has 1 aliphatic carbocycles. The summed E-state index contributed by atoms with van der Waals surface area (Å²) < 4.78 is 88.5. The third-order valence-electron chi connectivity index (χ3n) is 7.47. The van der Waals surface area contributed by atoms with Gasteiger partial charge in [-0.1, -0.05) is 44.2 Å². The molecule has 2 aromatic carbocycles. The van der Waals surface area contributed by atoms with Gasteiger partial charge in [-0.3, -0.25) is 4.98 Å². The Morgan fingerprint density at radius 2 is 1.75 bits per heavy atom. The van der Waals surface area contributed by atoms with Crippen LogP contribution in [-0.4, -0.2) is 9.97 Å². The van der Waals surface area contributed by atoms with E-state index in [4.69, 9.17) is 16.8 Å². The number of nitrogens with zero attached hydrogens (tertiary/aromatic N) is 2. The summed E-state index contributed by atoms with van der Waals surface area (Å²) in [6.45, 7) is -3.25. The summed E-state index contributed by atoms with van der Waals surface area (Å²) in [5.41, 5.74) is 2.32. The Labute approximate surface area is 227 Å². The van der Waals surface area contributed by atoms with Crippen molar-refractivity contribution in [1.82, 2.24) is 9.97 Å². The molecule has 3 heterocycles. The van der Waals surface area contributed by atoms with Crippen LogP contribution >= 0.6 is 0 Å². The predicted octanol–water partition coefficient (Wildman–Crippen LogP) is 9.32. The summed E-state index contributed by atoms with van der Waals surface area (Å²) in [4.78, 5) is 8.71. The summed E-state index contributed by atoms with van der Waals surface area (Å²) >= 11 is 0. The lowest BCUT2D eigenvalue weighted by atomic mass is 9.71. The molecule has 0 radical (unpaired) electrons. The summed E-state index contributed by atoms with van der Waals surface area (Å²) in [5.74, 6) is -0.936. The zero-order valence-electron chi connectivity index (χ0n) is 30.4. The van der Waals surface area contributed by atoms with Crippen molar-refractivity contribution in [1.29, 1.82) is 0 Å². The van der Waals surface area contributed by atoms with Gasteiger partial charge in [0.25, 0.3) is 0 Å². The highest BCUT2D eigenvalue weighted by Gasteiger charge is 2.27. The molecule has 1 fully saturated rings. The van der Waals surface area contributed by atoms with Crippen molar-refractivity contribution in [2.45, 2.75) is 66.0 Å². The van der Waals surface area contributed by atoms with Crippen molar-refractivity contribution in [3.8, 4) is 22.4 Å². The average Bonchev–Trinajstić information content (AvgIpc) is 3.35. The lowest BCUT2D eigenvalue weighted by Crippen LogP contribution is -2.20. The molecule has 0 bridgehead atoms. The minimum atomic E-state index is -2.60. The maximum atomic E-state index is 9.24. The molecule has 0 saturated heterocycles. The molecule has 36 heavy (non-hydrogen) atoms. The molecule has 3 aromatic heterocycles. The van der Waals surface area contributed by atoms with Gasteiger partial charge in [0.2, 0.25) is 5.71 Å². The van der Waals surface area contributed by atoms with Crippen molar-refractivity contribution in [2.24, 2.45) is 5.41 Å². The Bertz CT molecular complexity index is 1960. The molecule has 0 atom stereocenters. The van der Waals surface area contributed by atoms with Crippen molar-refractivity contribution < 1.29 is 18.1 Å². The topological polar surface area (TPSA) is 38.9 Å². The van der Waals surface area contributed by atoms with Crippen LogP contribution in [0.2, 0.25) is 0 Å². The zero-order chi connectivity index (χ0) is 33.4. The van der Waals surface area contributed by atoms with Gasteiger partial charge < -0.3 is 4.42 Å². The first kappa shape index (κ1) is 14.3. The Hall–Kier alpha value is -3.46. The van der Waals surface area contributed by atoms with E-state index in [1.807, 2.05) is 6.07 Å². The van der Waals surface area contributed by atoms with Crippen LogP contribution in [0.4, 0.5) is 0 Å². The summed E-state index contributed by atoms with van der Waals surface area (Å²) in [6, 6.07) is 14.9. The van der Waals surface area contributed by atoms with E-state index in [0.29, 0.717) is 46.0 Å². The second kappa shape index (κ2) is 8.58. The molecule has 182 valence electrons. The fourth-order valence-corrected chi connectivity index (χ4v) is 5.22. The van der Waals surface area contributed by atoms with Gasteiger partial charge >= 0.3 is 0 Å². The lowest BCUT2D eigenvalue weighted by molar-refractivity contribution is 0.224. The largest absolute Gasteiger partial charge is 0.437 e. The highest BCUT2D eigenvalue weighted by atomic mass is 16.3. The van der Waals surface area contributed by atoms with E-state index in [1.54, 1.807) is 42.5 Å². The maximum absolute atomic E-state index is 9.24. The van der Waals surface area contributed by atoms with E-state index in [9.17, 15) is 1.37 Å². The number of para-hydroxylation sites is 1. The number of rotatable bonds is 3. The minimum absolute atomic E-state index is 0.0209. The smallest absolute Gasteiger partial charge is 0.227 e. The van der Waals surface area contributed by atoms with Gasteiger partial charge in [0.05, 0.1) is 5.69 Å². The van der Waals surface area contributed by atoms with Crippen molar-refractivity contribution >= 4 is 22.1 Å². The van der Waals surface area contributed by atoms with E-state index in [0.717, 1.165) is 12.8 Å². The Morgan fingerprint density at radius 3 is 2.56 bits per heavy atom. The van der Waals surface area contributed by atoms with Crippen molar-refractivity contribution in [3.63, 3.8) is 0 Å². The maximum Gasteiger partial charge on any atom is 0.227 e. The third-order valence-corrected chi connectivity index (χ3v) is 7.47. The van der Waals surface area contributed by atoms with Crippen LogP contribution in [0.3, 0.4) is 0 Å². The van der Waals surface area contributed by atoms with Gasteiger partial charge in [-0.15, -0.1) is 0 Å². The van der Waals surface area contributed by atoms with Crippen molar-refractivity contribution in [3.05, 3.63) is 83.2 Å². The SMILES string of the molecule is [2H]C([2H])([2H])c1ccc2c(n1)oc1c(-c3cc(-c4ccc(C5([2H])CCC(C)(C)CC5)cc4C([2H])([2H])[2H])c(C([2H])([2H])[2H])cn3)cccc12. The molecule has 1 saturated carbocycles. The molecule has 6 rings (SSSR count). The van der Waals surface area contributed by atoms with Crippen molar-refractivity contribution in [2.75, 3.05) is 0 Å². The number of aryl methyl sites for hydroxylation is 3. The Kier molecular flexibility index (Phi) is 3.42. The first-order chi connectivity index (χ1) is 21.3. The summed E-state index contributed by atoms with van der Waals surface area (Å²) in [6.07, 6.45) is 4.14. The zero-order valence-corrected chi connectivity index (χ0v) is 20.4. The number of furan rings is 1. The number of aromatic nitrogens is 2. The standard InChI is InChI=1S/C33H34N2O/c1-20-17-24(23-13-15-33(4,5)16-14-23)10-12-25(20)29-18-30(34-19-21(29)2)28-8-6-7-26-27-11-9-22(3)35-32(27)36-31(26)28/h6-12,17-19,23H,13-16H2,1-5H3/i1D3,2D3,3D3,23D. The molecule has 1 aliphatic rings. The second-order valence-corrected chi connectivity index (χ2v) is 10.5. The predicted molar refractivity (Wildman–Crippen MR) is 149 cm³/mol. The first-order valence-corrected chi connectivity index (χ1v) is 12.3. The molecule has 0 amide bonds. The van der Waals surface area contributed by atoms with Crippen LogP contribution in [0.5, 0.6) is 0 Å². The monoisotopic (exact) mass is 484 g/mol. The second-order valence-electron chi connectivity index (χ2n) is 10.5. The highest BCUT2D eigenvalue weighted by molar-refractivity contribution is 6.08. The molecule has 0 unspecified atom stereocenters. The number of pyridine rings is 2. The third kappa shape index (κ3) is 4.01. The molecule has 3 heteroatoms. The van der Waals surface area contributed by atoms with E-state index < -0.39 is 26.4 Å². The lowest BCUT2D eigenvalue weighted by Gasteiger charge is -2.34. The van der Waals surface area contributed by atoms with Gasteiger partial charge in [-0.05, 0) is 110 Å². The molecular weight excluding hydrogens is 440 g/mol. The Balaban J connectivity index is 1.53. The van der Waals surface area contributed by atoms with Crippen LogP contribution in [0.25, 0.3) is 44.5 Å². The fraction of sp³-hybridized carbons (Fsp3) is 0.333. The van der Waals surface area contributed by atoms with Crippen LogP contribution in [0, 0.1) is 26.0 Å². The van der Waals surface area contributed by atoms with Gasteiger partial charge in [0.1, 0.15) is 5.58 Å². The minimum Gasteiger partial charge on any atom is -0.437 e. The van der Waals surface area contributed by atoms with E-state index in [2.05, 4.69) is 23.8 Å². The summed E-state index contributed by atoms with van der Waals surface area (Å²) in [7, 11) is 0. The van der Waals surface area contributed by atoms with Gasteiger partial charge in [-0.25, -0.2) is 4.98 Å². The van der Waals surface area contributed by atoms with Crippen LogP contribution in [0.15, 0.2) is 65.2 Å². The summed E-state index contributed by atoms with van der Waals surface area (Å²) in [5, 5.41) is 1.28. The highest BCUT2D eigenvalue weighted by Crippen LogP contribution is 2.43. The molecule has 5 aromatic rings. The fourth-order valence-electron chi connectivity index (χ4n) is 5.22. The number of hydrogen-bond donors (Lipinski definition) is 0. The normalized spacial score (nSPS) is 22.2.